The van der Waals surface area contributed by atoms with Crippen LogP contribution in [0.1, 0.15) is 37.6 Å². The number of nitrogens with zero attached hydrogens (tertiary/aromatic N) is 6. The monoisotopic (exact) mass is 424 g/mol. The van der Waals surface area contributed by atoms with E-state index in [1.165, 1.54) is 0 Å². The normalized spacial score (nSPS) is 13.7. The SMILES string of the molecule is CCn1c(=O)c(-c2noc(CCC(=O)N3CCCC3)n2)nn(-c2ccc(C)cc2)c1=O. The predicted molar refractivity (Wildman–Crippen MR) is 112 cm³/mol. The van der Waals surface area contributed by atoms with Crippen LogP contribution in [0.15, 0.2) is 38.4 Å². The van der Waals surface area contributed by atoms with Crippen LogP contribution in [0.2, 0.25) is 0 Å². The van der Waals surface area contributed by atoms with Crippen LogP contribution in [0.4, 0.5) is 0 Å². The zero-order valence-corrected chi connectivity index (χ0v) is 17.6. The van der Waals surface area contributed by atoms with Crippen molar-refractivity contribution in [1.29, 1.82) is 0 Å². The molecule has 0 unspecified atom stereocenters. The van der Waals surface area contributed by atoms with Gasteiger partial charge in [0.1, 0.15) is 0 Å². The fourth-order valence-electron chi connectivity index (χ4n) is 3.58. The fraction of sp³-hybridized carbons (Fsp3) is 0.429. The van der Waals surface area contributed by atoms with Crippen molar-refractivity contribution in [1.82, 2.24) is 29.4 Å². The highest BCUT2D eigenvalue weighted by molar-refractivity contribution is 5.76. The molecule has 1 fully saturated rings. The molecule has 1 amide bonds. The molecule has 0 N–H and O–H groups in total. The van der Waals surface area contributed by atoms with Crippen molar-refractivity contribution >= 4 is 5.91 Å². The standard InChI is InChI=1S/C21H24N6O4/c1-3-26-20(29)18(23-27(21(26)30)15-8-6-14(2)7-9-15)19-22-16(31-24-19)10-11-17(28)25-12-4-5-13-25/h6-9H,3-5,10-13H2,1-2H3. The van der Waals surface area contributed by atoms with E-state index in [-0.39, 0.29) is 42.7 Å². The van der Waals surface area contributed by atoms with Crippen LogP contribution in [0.3, 0.4) is 0 Å². The first-order valence-electron chi connectivity index (χ1n) is 10.4. The summed E-state index contributed by atoms with van der Waals surface area (Å²) in [5.41, 5.74) is 0.352. The third-order valence-corrected chi connectivity index (χ3v) is 5.35. The zero-order chi connectivity index (χ0) is 22.0. The number of benzene rings is 1. The van der Waals surface area contributed by atoms with E-state index < -0.39 is 11.2 Å². The maximum absolute atomic E-state index is 12.8. The van der Waals surface area contributed by atoms with Gasteiger partial charge < -0.3 is 9.42 Å². The maximum atomic E-state index is 12.8. The quantitative estimate of drug-likeness (QED) is 0.586. The molecule has 2 aromatic heterocycles. The first-order chi connectivity index (χ1) is 15.0. The number of rotatable bonds is 6. The van der Waals surface area contributed by atoms with Gasteiger partial charge in [-0.3, -0.25) is 14.2 Å². The number of aryl methyl sites for hydroxylation is 2. The lowest BCUT2D eigenvalue weighted by atomic mass is 10.2. The molecule has 3 heterocycles. The lowest BCUT2D eigenvalue weighted by Gasteiger charge is -2.13. The molecule has 1 aliphatic rings. The Morgan fingerprint density at radius 1 is 1.13 bits per heavy atom. The van der Waals surface area contributed by atoms with Gasteiger partial charge in [0.05, 0.1) is 5.69 Å². The number of hydrogen-bond donors (Lipinski definition) is 0. The van der Waals surface area contributed by atoms with Gasteiger partial charge in [0.15, 0.2) is 5.69 Å². The molecule has 0 atom stereocenters. The summed E-state index contributed by atoms with van der Waals surface area (Å²) < 4.78 is 7.48. The van der Waals surface area contributed by atoms with Crippen molar-refractivity contribution in [2.45, 2.75) is 46.1 Å². The van der Waals surface area contributed by atoms with E-state index in [0.717, 1.165) is 40.7 Å². The van der Waals surface area contributed by atoms with E-state index >= 15 is 0 Å². The largest absolute Gasteiger partial charge is 0.352 e. The van der Waals surface area contributed by atoms with Gasteiger partial charge >= 0.3 is 5.69 Å². The summed E-state index contributed by atoms with van der Waals surface area (Å²) in [6.45, 7) is 5.39. The summed E-state index contributed by atoms with van der Waals surface area (Å²) >= 11 is 0. The second-order valence-corrected chi connectivity index (χ2v) is 7.53. The van der Waals surface area contributed by atoms with Crippen LogP contribution >= 0.6 is 0 Å². The van der Waals surface area contributed by atoms with Crippen molar-refractivity contribution in [3.8, 4) is 17.2 Å². The third kappa shape index (κ3) is 4.18. The number of amides is 1. The van der Waals surface area contributed by atoms with Gasteiger partial charge in [0, 0.05) is 32.5 Å². The molecule has 0 aliphatic carbocycles. The van der Waals surface area contributed by atoms with Crippen LogP contribution in [0.25, 0.3) is 17.2 Å². The second kappa shape index (κ2) is 8.66. The van der Waals surface area contributed by atoms with Crippen molar-refractivity contribution in [3.05, 3.63) is 56.6 Å². The molecular weight excluding hydrogens is 400 g/mol. The van der Waals surface area contributed by atoms with Gasteiger partial charge in [-0.1, -0.05) is 22.9 Å². The van der Waals surface area contributed by atoms with Crippen LogP contribution in [-0.4, -0.2) is 48.4 Å². The number of carbonyl (C=O) groups excluding carboxylic acids is 1. The van der Waals surface area contributed by atoms with Gasteiger partial charge in [-0.05, 0) is 38.8 Å². The van der Waals surface area contributed by atoms with E-state index in [1.807, 2.05) is 24.0 Å². The summed E-state index contributed by atoms with van der Waals surface area (Å²) in [6, 6.07) is 7.22. The summed E-state index contributed by atoms with van der Waals surface area (Å²) in [4.78, 5) is 43.9. The minimum absolute atomic E-state index is 0.00307. The first-order valence-corrected chi connectivity index (χ1v) is 10.4. The molecule has 0 spiro atoms. The Morgan fingerprint density at radius 3 is 2.52 bits per heavy atom. The number of likely N-dealkylation sites (tertiary alicyclic amines) is 1. The average Bonchev–Trinajstić information content (AvgIpc) is 3.46. The molecule has 0 saturated carbocycles. The summed E-state index contributed by atoms with van der Waals surface area (Å²) in [5, 5.41) is 8.11. The molecule has 4 rings (SSSR count). The minimum Gasteiger partial charge on any atom is -0.343 e. The van der Waals surface area contributed by atoms with Crippen molar-refractivity contribution in [2.75, 3.05) is 13.1 Å². The van der Waals surface area contributed by atoms with Gasteiger partial charge in [-0.15, -0.1) is 0 Å². The Bertz CT molecular complexity index is 1200. The van der Waals surface area contributed by atoms with Gasteiger partial charge in [-0.25, -0.2) is 4.79 Å². The lowest BCUT2D eigenvalue weighted by Crippen LogP contribution is -2.41. The molecule has 0 radical (unpaired) electrons. The van der Waals surface area contributed by atoms with Gasteiger partial charge in [0.2, 0.25) is 17.6 Å². The third-order valence-electron chi connectivity index (χ3n) is 5.35. The number of carbonyl (C=O) groups is 1. The predicted octanol–water partition coefficient (Wildman–Crippen LogP) is 1.33. The molecule has 1 saturated heterocycles. The lowest BCUT2D eigenvalue weighted by molar-refractivity contribution is -0.130. The Labute approximate surface area is 178 Å². The van der Waals surface area contributed by atoms with E-state index in [2.05, 4.69) is 15.2 Å². The number of hydrogen-bond acceptors (Lipinski definition) is 7. The summed E-state index contributed by atoms with van der Waals surface area (Å²) in [7, 11) is 0. The van der Waals surface area contributed by atoms with Crippen molar-refractivity contribution in [3.63, 3.8) is 0 Å². The smallest absolute Gasteiger partial charge is 0.343 e. The van der Waals surface area contributed by atoms with E-state index in [4.69, 9.17) is 4.52 Å². The molecule has 162 valence electrons. The van der Waals surface area contributed by atoms with E-state index in [9.17, 15) is 14.4 Å². The Hall–Kier alpha value is -3.56. The Morgan fingerprint density at radius 2 is 1.84 bits per heavy atom. The highest BCUT2D eigenvalue weighted by Crippen LogP contribution is 2.14. The first kappa shape index (κ1) is 20.7. The van der Waals surface area contributed by atoms with Crippen LogP contribution in [-0.2, 0) is 17.8 Å². The summed E-state index contributed by atoms with van der Waals surface area (Å²) in [6.07, 6.45) is 2.60. The number of aromatic nitrogens is 5. The molecule has 1 aromatic carbocycles. The average molecular weight is 424 g/mol. The van der Waals surface area contributed by atoms with Crippen molar-refractivity contribution < 1.29 is 9.32 Å². The van der Waals surface area contributed by atoms with Crippen molar-refractivity contribution in [2.24, 2.45) is 0 Å². The molecule has 10 heteroatoms. The highest BCUT2D eigenvalue weighted by atomic mass is 16.5. The molecule has 31 heavy (non-hydrogen) atoms. The summed E-state index contributed by atoms with van der Waals surface area (Å²) in [5.74, 6) is 0.299. The topological polar surface area (TPSA) is 116 Å². The molecular formula is C21H24N6O4. The van der Waals surface area contributed by atoms with E-state index in [1.54, 1.807) is 19.1 Å². The molecule has 1 aliphatic heterocycles. The second-order valence-electron chi connectivity index (χ2n) is 7.53. The van der Waals surface area contributed by atoms with Crippen LogP contribution in [0, 0.1) is 6.92 Å². The van der Waals surface area contributed by atoms with Crippen LogP contribution < -0.4 is 11.2 Å². The van der Waals surface area contributed by atoms with Crippen LogP contribution in [0.5, 0.6) is 0 Å². The van der Waals surface area contributed by atoms with E-state index in [0.29, 0.717) is 5.69 Å². The molecule has 3 aromatic rings. The van der Waals surface area contributed by atoms with Gasteiger partial charge in [0.25, 0.3) is 5.56 Å². The Balaban J connectivity index is 1.64. The zero-order valence-electron chi connectivity index (χ0n) is 17.6. The fourth-order valence-corrected chi connectivity index (χ4v) is 3.58. The molecule has 0 bridgehead atoms. The minimum atomic E-state index is -0.587. The maximum Gasteiger partial charge on any atom is 0.352 e. The Kier molecular flexibility index (Phi) is 5.79. The highest BCUT2D eigenvalue weighted by Gasteiger charge is 2.22. The van der Waals surface area contributed by atoms with Gasteiger partial charge in [-0.2, -0.15) is 14.8 Å². The molecule has 10 nitrogen and oxygen atoms in total.